The van der Waals surface area contributed by atoms with E-state index in [0.717, 1.165) is 27.8 Å². The summed E-state index contributed by atoms with van der Waals surface area (Å²) in [6, 6.07) is 31.1. The van der Waals surface area contributed by atoms with E-state index < -0.39 is 28.8 Å². The summed E-state index contributed by atoms with van der Waals surface area (Å²) in [5, 5.41) is 2.14. The van der Waals surface area contributed by atoms with E-state index in [-0.39, 0.29) is 16.2 Å². The lowest BCUT2D eigenvalue weighted by molar-refractivity contribution is -0.124. The highest BCUT2D eigenvalue weighted by atomic mass is 28.4. The van der Waals surface area contributed by atoms with Crippen LogP contribution in [0.25, 0.3) is 0 Å². The van der Waals surface area contributed by atoms with Crippen LogP contribution in [0, 0.1) is 0 Å². The van der Waals surface area contributed by atoms with Gasteiger partial charge < -0.3 is 18.4 Å². The molecular formula is C41H58O4Si2. The fourth-order valence-electron chi connectivity index (χ4n) is 5.72. The zero-order chi connectivity index (χ0) is 34.9. The van der Waals surface area contributed by atoms with Crippen LogP contribution < -0.4 is 10.4 Å². The van der Waals surface area contributed by atoms with Gasteiger partial charge >= 0.3 is 0 Å². The number of carbonyl (C=O) groups is 1. The van der Waals surface area contributed by atoms with E-state index in [2.05, 4.69) is 136 Å². The molecule has 0 radical (unpaired) electrons. The molecule has 0 aliphatic rings. The Kier molecular flexibility index (Phi) is 13.5. The Labute approximate surface area is 287 Å². The molecule has 0 saturated carbocycles. The van der Waals surface area contributed by atoms with Crippen LogP contribution in [0.4, 0.5) is 0 Å². The smallest absolute Gasteiger partial charge is 0.262 e. The molecule has 0 unspecified atom stereocenters. The van der Waals surface area contributed by atoms with Gasteiger partial charge in [-0.05, 0) is 77.4 Å². The van der Waals surface area contributed by atoms with Crippen LogP contribution in [0.2, 0.25) is 23.2 Å². The first kappa shape index (κ1) is 38.6. The first-order chi connectivity index (χ1) is 22.1. The molecule has 0 N–H and O–H groups in total. The summed E-state index contributed by atoms with van der Waals surface area (Å²) in [5.74, 6) is 0. The van der Waals surface area contributed by atoms with Gasteiger partial charge in [-0.25, -0.2) is 0 Å². The standard InChI is InChI=1S/C41H58O4Si2/c1-12-32(2)37(44-46(10,11)40(4,5)6)29-28-33(3)39(38(30-42)43-31-34-22-16-13-17-23-34)45-47(41(7,8)9,35-24-18-14-19-25-35)36-26-20-15-21-27-36/h12-28,30,37-39H,29,31H2,1-11H3/t37-,38-,39-/m1/s1. The van der Waals surface area contributed by atoms with Crippen molar-refractivity contribution >= 4 is 33.3 Å². The van der Waals surface area contributed by atoms with Crippen molar-refractivity contribution < 1.29 is 18.4 Å². The van der Waals surface area contributed by atoms with Gasteiger partial charge in [0.15, 0.2) is 14.6 Å². The lowest BCUT2D eigenvalue weighted by atomic mass is 10.0. The van der Waals surface area contributed by atoms with Gasteiger partial charge in [-0.1, -0.05) is 145 Å². The number of rotatable bonds is 15. The monoisotopic (exact) mass is 670 g/mol. The topological polar surface area (TPSA) is 44.8 Å². The van der Waals surface area contributed by atoms with E-state index in [1.165, 1.54) is 5.57 Å². The van der Waals surface area contributed by atoms with Gasteiger partial charge in [-0.2, -0.15) is 0 Å². The molecule has 0 heterocycles. The molecule has 0 aliphatic heterocycles. The van der Waals surface area contributed by atoms with Crippen LogP contribution in [-0.2, 0) is 25.0 Å². The number of aldehydes is 1. The summed E-state index contributed by atoms with van der Waals surface area (Å²) in [4.78, 5) is 13.0. The average molecular weight is 671 g/mol. The molecular weight excluding hydrogens is 613 g/mol. The van der Waals surface area contributed by atoms with Crippen molar-refractivity contribution in [3.05, 3.63) is 120 Å². The first-order valence-electron chi connectivity index (χ1n) is 16.9. The zero-order valence-electron chi connectivity index (χ0n) is 30.7. The van der Waals surface area contributed by atoms with Crippen LogP contribution in [0.1, 0.15) is 74.3 Å². The lowest BCUT2D eigenvalue weighted by Crippen LogP contribution is -2.68. The summed E-state index contributed by atoms with van der Waals surface area (Å²) < 4.78 is 21.0. The lowest BCUT2D eigenvalue weighted by Gasteiger charge is -2.46. The molecule has 3 aromatic rings. The third-order valence-electron chi connectivity index (χ3n) is 9.75. The second-order valence-corrected chi connectivity index (χ2v) is 24.2. The summed E-state index contributed by atoms with van der Waals surface area (Å²) >= 11 is 0. The second kappa shape index (κ2) is 16.5. The van der Waals surface area contributed by atoms with Gasteiger partial charge in [0.25, 0.3) is 8.32 Å². The van der Waals surface area contributed by atoms with Crippen molar-refractivity contribution in [3.63, 3.8) is 0 Å². The van der Waals surface area contributed by atoms with E-state index in [1.807, 2.05) is 42.5 Å². The zero-order valence-corrected chi connectivity index (χ0v) is 32.7. The van der Waals surface area contributed by atoms with E-state index in [0.29, 0.717) is 13.0 Å². The van der Waals surface area contributed by atoms with E-state index in [1.54, 1.807) is 0 Å². The highest BCUT2D eigenvalue weighted by Crippen LogP contribution is 2.40. The molecule has 0 bridgehead atoms. The third-order valence-corrected chi connectivity index (χ3v) is 19.2. The van der Waals surface area contributed by atoms with Crippen LogP contribution in [0.15, 0.2) is 114 Å². The van der Waals surface area contributed by atoms with Gasteiger partial charge in [0.1, 0.15) is 12.2 Å². The number of carbonyl (C=O) groups excluding carboxylic acids is 1. The molecule has 0 saturated heterocycles. The van der Waals surface area contributed by atoms with Crippen LogP contribution in [0.3, 0.4) is 0 Å². The van der Waals surface area contributed by atoms with Crippen molar-refractivity contribution in [2.75, 3.05) is 0 Å². The normalized spacial score (nSPS) is 15.6. The third kappa shape index (κ3) is 9.61. The van der Waals surface area contributed by atoms with Crippen molar-refractivity contribution in [1.29, 1.82) is 0 Å². The number of hydrogen-bond acceptors (Lipinski definition) is 4. The molecule has 0 spiro atoms. The molecule has 0 amide bonds. The maximum Gasteiger partial charge on any atom is 0.262 e. The van der Waals surface area contributed by atoms with Gasteiger partial charge in [0.2, 0.25) is 0 Å². The second-order valence-electron chi connectivity index (χ2n) is 15.2. The molecule has 0 aromatic heterocycles. The maximum atomic E-state index is 13.0. The minimum atomic E-state index is -3.03. The van der Waals surface area contributed by atoms with E-state index in [4.69, 9.17) is 13.6 Å². The summed E-state index contributed by atoms with van der Waals surface area (Å²) in [7, 11) is -5.08. The van der Waals surface area contributed by atoms with Crippen molar-refractivity contribution in [2.24, 2.45) is 0 Å². The number of benzene rings is 3. The van der Waals surface area contributed by atoms with Crippen LogP contribution in [0.5, 0.6) is 0 Å². The Morgan fingerprint density at radius 1 is 0.723 bits per heavy atom. The highest BCUT2D eigenvalue weighted by Gasteiger charge is 2.52. The summed E-state index contributed by atoms with van der Waals surface area (Å²) in [6.07, 6.45) is 4.48. The predicted octanol–water partition coefficient (Wildman–Crippen LogP) is 9.41. The minimum absolute atomic E-state index is 0.0655. The molecule has 3 rings (SSSR count). The fourth-order valence-corrected chi connectivity index (χ4v) is 11.8. The molecule has 4 nitrogen and oxygen atoms in total. The molecule has 254 valence electrons. The number of hydrogen-bond donors (Lipinski definition) is 0. The summed E-state index contributed by atoms with van der Waals surface area (Å²) in [6.45, 7) is 24.8. The quantitative estimate of drug-likeness (QED) is 0.0918. The Morgan fingerprint density at radius 2 is 1.21 bits per heavy atom. The fraction of sp³-hybridized carbons (Fsp3) is 0.439. The van der Waals surface area contributed by atoms with Gasteiger partial charge in [-0.15, -0.1) is 0 Å². The Bertz CT molecular complexity index is 1410. The minimum Gasteiger partial charge on any atom is -0.410 e. The Hall–Kier alpha value is -2.88. The highest BCUT2D eigenvalue weighted by molar-refractivity contribution is 6.99. The van der Waals surface area contributed by atoms with Crippen LogP contribution >= 0.6 is 0 Å². The van der Waals surface area contributed by atoms with E-state index in [9.17, 15) is 4.79 Å². The number of allylic oxidation sites excluding steroid dienone is 1. The maximum absolute atomic E-state index is 13.0. The SMILES string of the molecule is CC=C(C)[C@@H](CC=C(C)[C@@H](O[Si](c1ccccc1)(c1ccccc1)C(C)(C)C)[C@@H](C=O)OCc1ccccc1)O[Si](C)(C)C(C)(C)C. The Morgan fingerprint density at radius 3 is 1.64 bits per heavy atom. The van der Waals surface area contributed by atoms with Gasteiger partial charge in [-0.3, -0.25) is 0 Å². The van der Waals surface area contributed by atoms with Crippen molar-refractivity contribution in [3.8, 4) is 0 Å². The number of ether oxygens (including phenoxy) is 1. The van der Waals surface area contributed by atoms with E-state index >= 15 is 0 Å². The molecule has 3 atom stereocenters. The molecule has 6 heteroatoms. The van der Waals surface area contributed by atoms with Gasteiger partial charge in [0, 0.05) is 0 Å². The molecule has 0 fully saturated rings. The van der Waals surface area contributed by atoms with Crippen LogP contribution in [-0.4, -0.2) is 41.2 Å². The predicted molar refractivity (Wildman–Crippen MR) is 203 cm³/mol. The molecule has 47 heavy (non-hydrogen) atoms. The van der Waals surface area contributed by atoms with Crippen molar-refractivity contribution in [1.82, 2.24) is 0 Å². The Balaban J connectivity index is 2.17. The van der Waals surface area contributed by atoms with Gasteiger partial charge in [0.05, 0.1) is 12.7 Å². The molecule has 3 aromatic carbocycles. The van der Waals surface area contributed by atoms with Crippen molar-refractivity contribution in [2.45, 2.75) is 117 Å². The largest absolute Gasteiger partial charge is 0.410 e. The average Bonchev–Trinajstić information content (AvgIpc) is 3.04. The molecule has 0 aliphatic carbocycles. The first-order valence-corrected chi connectivity index (χ1v) is 21.8. The summed E-state index contributed by atoms with van der Waals surface area (Å²) in [5.41, 5.74) is 3.18.